The first-order valence-electron chi connectivity index (χ1n) is 9.74. The Kier molecular flexibility index (Phi) is 5.75. The van der Waals surface area contributed by atoms with Crippen molar-refractivity contribution in [3.63, 3.8) is 0 Å². The number of nitriles is 1. The molecule has 1 aromatic carbocycles. The van der Waals surface area contributed by atoms with Gasteiger partial charge in [0.1, 0.15) is 29.6 Å². The summed E-state index contributed by atoms with van der Waals surface area (Å²) in [5.41, 5.74) is 5.90. The van der Waals surface area contributed by atoms with Gasteiger partial charge in [-0.05, 0) is 19.1 Å². The van der Waals surface area contributed by atoms with Gasteiger partial charge in [0.2, 0.25) is 5.88 Å². The molecule has 1 aliphatic rings. The van der Waals surface area contributed by atoms with Crippen LogP contribution in [0, 0.1) is 24.1 Å². The van der Waals surface area contributed by atoms with Gasteiger partial charge in [-0.1, -0.05) is 12.1 Å². The van der Waals surface area contributed by atoms with E-state index in [1.807, 2.05) is 0 Å². The number of halogens is 1. The summed E-state index contributed by atoms with van der Waals surface area (Å²) in [6.07, 6.45) is 2.30. The molecule has 9 nitrogen and oxygen atoms in total. The number of nitrogens with zero attached hydrogens (tertiary/aromatic N) is 6. The first-order valence-corrected chi connectivity index (χ1v) is 9.74. The number of piperidine rings is 1. The summed E-state index contributed by atoms with van der Waals surface area (Å²) in [6.45, 7) is 3.16. The minimum Gasteiger partial charge on any atom is -0.460 e. The van der Waals surface area contributed by atoms with E-state index in [9.17, 15) is 9.65 Å². The molecular weight excluding hydrogens is 401 g/mol. The summed E-state index contributed by atoms with van der Waals surface area (Å²) in [5, 5.41) is 9.25. The van der Waals surface area contributed by atoms with Gasteiger partial charge in [-0.3, -0.25) is 0 Å². The lowest BCUT2D eigenvalue weighted by Gasteiger charge is -2.32. The van der Waals surface area contributed by atoms with E-state index in [0.29, 0.717) is 48.9 Å². The predicted octanol–water partition coefficient (Wildman–Crippen LogP) is 3.01. The third kappa shape index (κ3) is 4.78. The molecule has 4 rings (SSSR count). The van der Waals surface area contributed by atoms with E-state index in [-0.39, 0.29) is 17.9 Å². The summed E-state index contributed by atoms with van der Waals surface area (Å²) in [4.78, 5) is 18.6. The van der Waals surface area contributed by atoms with Crippen LogP contribution in [-0.4, -0.2) is 39.1 Å². The average Bonchev–Trinajstić information content (AvgIpc) is 2.77. The number of para-hydroxylation sites is 1. The Morgan fingerprint density at radius 3 is 2.71 bits per heavy atom. The third-order valence-corrected chi connectivity index (χ3v) is 4.81. The number of hydrogen-bond donors (Lipinski definition) is 1. The number of anilines is 2. The van der Waals surface area contributed by atoms with Crippen LogP contribution >= 0.6 is 0 Å². The van der Waals surface area contributed by atoms with Crippen molar-refractivity contribution in [1.29, 1.82) is 5.26 Å². The van der Waals surface area contributed by atoms with Crippen LogP contribution in [0.1, 0.15) is 24.2 Å². The first kappa shape index (κ1) is 20.3. The second-order valence-corrected chi connectivity index (χ2v) is 7.01. The summed E-state index contributed by atoms with van der Waals surface area (Å²) in [6, 6.07) is 10.9. The van der Waals surface area contributed by atoms with E-state index in [0.717, 1.165) is 12.0 Å². The lowest BCUT2D eigenvalue weighted by Crippen LogP contribution is -2.39. The smallest absolute Gasteiger partial charge is 0.318 e. The molecule has 0 radical (unpaired) electrons. The van der Waals surface area contributed by atoms with E-state index in [1.54, 1.807) is 37.3 Å². The normalized spacial score (nSPS) is 14.2. The number of aryl methyl sites for hydroxylation is 1. The van der Waals surface area contributed by atoms with Crippen LogP contribution in [0.2, 0.25) is 0 Å². The number of rotatable bonds is 5. The van der Waals surface area contributed by atoms with Crippen LogP contribution < -0.4 is 20.1 Å². The zero-order valence-electron chi connectivity index (χ0n) is 16.8. The van der Waals surface area contributed by atoms with Gasteiger partial charge in [0, 0.05) is 32.0 Å². The molecule has 0 unspecified atom stereocenters. The maximum Gasteiger partial charge on any atom is 0.318 e. The van der Waals surface area contributed by atoms with Crippen LogP contribution in [0.3, 0.4) is 0 Å². The van der Waals surface area contributed by atoms with Crippen molar-refractivity contribution in [3.8, 4) is 23.7 Å². The molecule has 0 atom stereocenters. The van der Waals surface area contributed by atoms with Crippen LogP contribution in [0.5, 0.6) is 17.6 Å². The predicted molar refractivity (Wildman–Crippen MR) is 110 cm³/mol. The van der Waals surface area contributed by atoms with E-state index in [1.165, 1.54) is 0 Å². The van der Waals surface area contributed by atoms with Crippen LogP contribution in [0.25, 0.3) is 0 Å². The average molecular weight is 421 g/mol. The molecular formula is C21H20FN7O2. The Hall–Kier alpha value is -4.00. The second-order valence-electron chi connectivity index (χ2n) is 7.01. The molecule has 1 fully saturated rings. The Morgan fingerprint density at radius 2 is 1.97 bits per heavy atom. The van der Waals surface area contributed by atoms with Crippen molar-refractivity contribution in [2.75, 3.05) is 23.7 Å². The minimum atomic E-state index is -0.670. The highest BCUT2D eigenvalue weighted by Crippen LogP contribution is 2.27. The molecule has 3 heterocycles. The monoisotopic (exact) mass is 421 g/mol. The van der Waals surface area contributed by atoms with Crippen LogP contribution in [0.15, 0.2) is 36.5 Å². The van der Waals surface area contributed by atoms with Gasteiger partial charge in [-0.15, -0.1) is 0 Å². The van der Waals surface area contributed by atoms with E-state index < -0.39 is 5.82 Å². The Morgan fingerprint density at radius 1 is 1.19 bits per heavy atom. The highest BCUT2D eigenvalue weighted by Gasteiger charge is 2.23. The number of benzene rings is 1. The van der Waals surface area contributed by atoms with Crippen LogP contribution in [0.4, 0.5) is 16.0 Å². The number of nitrogen functional groups attached to an aromatic ring is 1. The summed E-state index contributed by atoms with van der Waals surface area (Å²) in [7, 11) is 0. The molecule has 3 aromatic rings. The molecule has 0 aliphatic carbocycles. The highest BCUT2D eigenvalue weighted by molar-refractivity contribution is 5.47. The largest absolute Gasteiger partial charge is 0.460 e. The van der Waals surface area contributed by atoms with Gasteiger partial charge in [0.15, 0.2) is 11.6 Å². The Balaban J connectivity index is 1.42. The van der Waals surface area contributed by atoms with Crippen molar-refractivity contribution in [2.45, 2.75) is 25.9 Å². The second kappa shape index (κ2) is 8.79. The van der Waals surface area contributed by atoms with Crippen molar-refractivity contribution in [2.24, 2.45) is 0 Å². The molecule has 2 aromatic heterocycles. The number of ether oxygens (including phenoxy) is 2. The van der Waals surface area contributed by atoms with Gasteiger partial charge < -0.3 is 20.1 Å². The standard InChI is InChI=1S/C21H20FN7O2/c1-13-26-18(10-19(27-13)31-17-5-3-2-4-14(17)11-23)29-8-6-15(7-9-29)30-21-25-12-16(22)20(24)28-21/h2-5,10,12,15H,6-9H2,1H3,(H2,24,25,28). The fourth-order valence-corrected chi connectivity index (χ4v) is 3.27. The maximum atomic E-state index is 13.2. The zero-order chi connectivity index (χ0) is 21.8. The quantitative estimate of drug-likeness (QED) is 0.662. The number of nitrogens with two attached hydrogens (primary N) is 1. The Labute approximate surface area is 178 Å². The molecule has 10 heteroatoms. The van der Waals surface area contributed by atoms with Gasteiger partial charge in [0.05, 0.1) is 11.8 Å². The van der Waals surface area contributed by atoms with Gasteiger partial charge >= 0.3 is 6.01 Å². The number of aromatic nitrogens is 4. The van der Waals surface area contributed by atoms with Crippen molar-refractivity contribution in [3.05, 3.63) is 53.7 Å². The molecule has 0 bridgehead atoms. The van der Waals surface area contributed by atoms with Gasteiger partial charge in [-0.25, -0.2) is 14.4 Å². The van der Waals surface area contributed by atoms with Gasteiger partial charge in [-0.2, -0.15) is 15.2 Å². The summed E-state index contributed by atoms with van der Waals surface area (Å²) in [5.74, 6) is 1.22. The fourth-order valence-electron chi connectivity index (χ4n) is 3.27. The Bertz CT molecular complexity index is 1130. The van der Waals surface area contributed by atoms with Crippen molar-refractivity contribution in [1.82, 2.24) is 19.9 Å². The molecule has 1 aliphatic heterocycles. The lowest BCUT2D eigenvalue weighted by atomic mass is 10.1. The fraction of sp³-hybridized carbons (Fsp3) is 0.286. The van der Waals surface area contributed by atoms with Crippen molar-refractivity contribution >= 4 is 11.6 Å². The van der Waals surface area contributed by atoms with Crippen LogP contribution in [-0.2, 0) is 0 Å². The summed E-state index contributed by atoms with van der Waals surface area (Å²) < 4.78 is 24.8. The minimum absolute atomic E-state index is 0.0714. The van der Waals surface area contributed by atoms with E-state index in [4.69, 9.17) is 15.2 Å². The molecule has 2 N–H and O–H groups in total. The topological polar surface area (TPSA) is 123 Å². The SMILES string of the molecule is Cc1nc(Oc2ccccc2C#N)cc(N2CCC(Oc3ncc(F)c(N)n3)CC2)n1. The lowest BCUT2D eigenvalue weighted by molar-refractivity contribution is 0.156. The maximum absolute atomic E-state index is 13.2. The molecule has 1 saturated heterocycles. The zero-order valence-corrected chi connectivity index (χ0v) is 16.8. The highest BCUT2D eigenvalue weighted by atomic mass is 19.1. The molecule has 0 spiro atoms. The van der Waals surface area contributed by atoms with Gasteiger partial charge in [0.25, 0.3) is 0 Å². The first-order chi connectivity index (χ1) is 15.0. The third-order valence-electron chi connectivity index (χ3n) is 4.81. The summed E-state index contributed by atoms with van der Waals surface area (Å²) >= 11 is 0. The van der Waals surface area contributed by atoms with Crippen molar-refractivity contribution < 1.29 is 13.9 Å². The van der Waals surface area contributed by atoms with E-state index in [2.05, 4.69) is 30.9 Å². The molecule has 0 saturated carbocycles. The van der Waals surface area contributed by atoms with E-state index >= 15 is 0 Å². The number of hydrogen-bond acceptors (Lipinski definition) is 9. The molecule has 158 valence electrons. The molecule has 31 heavy (non-hydrogen) atoms. The molecule has 0 amide bonds.